The minimum Gasteiger partial charge on any atom is -0.507 e. The molecule has 40 heavy (non-hydrogen) atoms. The van der Waals surface area contributed by atoms with E-state index in [0.29, 0.717) is 29.2 Å². The van der Waals surface area contributed by atoms with E-state index in [0.717, 1.165) is 16.7 Å². The number of carbonyl (C=O) groups is 1. The van der Waals surface area contributed by atoms with Crippen molar-refractivity contribution in [3.63, 3.8) is 0 Å². The van der Waals surface area contributed by atoms with Gasteiger partial charge in [0.15, 0.2) is 29.8 Å². The fourth-order valence-corrected chi connectivity index (χ4v) is 6.54. The molecule has 0 aliphatic carbocycles. The number of nitrogens with zero attached hydrogens (tertiary/aromatic N) is 3. The average molecular weight is 551 g/mol. The number of hydrogen-bond donors (Lipinski definition) is 4. The monoisotopic (exact) mass is 550 g/mol. The van der Waals surface area contributed by atoms with Crippen LogP contribution < -0.4 is 14.8 Å². The predicted octanol–water partition coefficient (Wildman–Crippen LogP) is 2.75. The second-order valence-corrected chi connectivity index (χ2v) is 10.5. The highest BCUT2D eigenvalue weighted by Gasteiger charge is 2.53. The summed E-state index contributed by atoms with van der Waals surface area (Å²) in [5.41, 5.74) is 4.14. The molecule has 1 saturated heterocycles. The Morgan fingerprint density at radius 2 is 1.88 bits per heavy atom. The lowest BCUT2D eigenvalue weighted by Gasteiger charge is -2.57. The molecule has 2 aromatic rings. The summed E-state index contributed by atoms with van der Waals surface area (Å²) in [7, 11) is 5.07. The van der Waals surface area contributed by atoms with Crippen LogP contribution >= 0.6 is 0 Å². The van der Waals surface area contributed by atoms with Gasteiger partial charge in [0.05, 0.1) is 25.3 Å². The zero-order valence-electron chi connectivity index (χ0n) is 23.4. The summed E-state index contributed by atoms with van der Waals surface area (Å²) in [6, 6.07) is 2.41. The molecule has 2 aromatic carbocycles. The number of benzene rings is 2. The molecular formula is C29H34N4O7. The number of nitrogens with one attached hydrogen (secondary N) is 1. The largest absolute Gasteiger partial charge is 0.507 e. The molecule has 0 saturated carbocycles. The van der Waals surface area contributed by atoms with Crippen LogP contribution in [0.2, 0.25) is 0 Å². The van der Waals surface area contributed by atoms with Gasteiger partial charge in [-0.15, -0.1) is 0 Å². The van der Waals surface area contributed by atoms with Crippen molar-refractivity contribution in [1.29, 1.82) is 5.26 Å². The van der Waals surface area contributed by atoms with E-state index in [4.69, 9.17) is 14.2 Å². The van der Waals surface area contributed by atoms with Gasteiger partial charge in [-0.1, -0.05) is 6.07 Å². The molecule has 2 bridgehead atoms. The van der Waals surface area contributed by atoms with Gasteiger partial charge in [-0.25, -0.2) is 0 Å². The van der Waals surface area contributed by atoms with Gasteiger partial charge >= 0.3 is 0 Å². The molecule has 1 fully saturated rings. The smallest absolute Gasteiger partial charge is 0.216 e. The summed E-state index contributed by atoms with van der Waals surface area (Å²) >= 11 is 0. The molecular weight excluding hydrogens is 516 g/mol. The summed E-state index contributed by atoms with van der Waals surface area (Å²) < 4.78 is 17.1. The molecule has 11 heteroatoms. The highest BCUT2D eigenvalue weighted by molar-refractivity contribution is 5.77. The lowest BCUT2D eigenvalue weighted by atomic mass is 9.75. The van der Waals surface area contributed by atoms with Gasteiger partial charge in [-0.2, -0.15) is 5.26 Å². The van der Waals surface area contributed by atoms with Crippen LogP contribution in [0.1, 0.15) is 52.4 Å². The Balaban J connectivity index is 1.84. The van der Waals surface area contributed by atoms with Crippen LogP contribution in [0.3, 0.4) is 0 Å². The molecule has 1 amide bonds. The van der Waals surface area contributed by atoms with E-state index in [1.165, 1.54) is 21.0 Å². The normalized spacial score (nSPS) is 22.8. The van der Waals surface area contributed by atoms with Gasteiger partial charge in [0.25, 0.3) is 0 Å². The minimum atomic E-state index is -0.753. The first-order chi connectivity index (χ1) is 19.1. The second-order valence-electron chi connectivity index (χ2n) is 10.5. The molecule has 11 nitrogen and oxygen atoms in total. The third-order valence-corrected chi connectivity index (χ3v) is 8.32. The summed E-state index contributed by atoms with van der Waals surface area (Å²) in [6.45, 7) is 4.87. The van der Waals surface area contributed by atoms with Crippen molar-refractivity contribution in [1.82, 2.24) is 15.1 Å². The molecule has 0 unspecified atom stereocenters. The maximum absolute atomic E-state index is 12.0. The van der Waals surface area contributed by atoms with Crippen LogP contribution in [0, 0.1) is 25.2 Å². The van der Waals surface area contributed by atoms with Crippen molar-refractivity contribution < 1.29 is 34.3 Å². The fraction of sp³-hybridized carbons (Fsp3) is 0.448. The third-order valence-electron chi connectivity index (χ3n) is 8.32. The third kappa shape index (κ3) is 3.90. The van der Waals surface area contributed by atoms with Crippen LogP contribution in [-0.4, -0.2) is 77.7 Å². The van der Waals surface area contributed by atoms with Crippen LogP contribution in [0.5, 0.6) is 28.7 Å². The van der Waals surface area contributed by atoms with Crippen LogP contribution in [-0.2, 0) is 16.0 Å². The van der Waals surface area contributed by atoms with Gasteiger partial charge in [-0.3, -0.25) is 9.69 Å². The number of piperazine rings is 1. The zero-order valence-corrected chi connectivity index (χ0v) is 23.4. The van der Waals surface area contributed by atoms with E-state index in [1.807, 2.05) is 18.9 Å². The molecule has 212 valence electrons. The Morgan fingerprint density at radius 3 is 2.50 bits per heavy atom. The van der Waals surface area contributed by atoms with Gasteiger partial charge in [0.2, 0.25) is 5.91 Å². The van der Waals surface area contributed by atoms with E-state index in [2.05, 4.69) is 22.4 Å². The molecule has 3 aliphatic rings. The first-order valence-corrected chi connectivity index (χ1v) is 13.0. The molecule has 3 aliphatic heterocycles. The van der Waals surface area contributed by atoms with Gasteiger partial charge in [0, 0.05) is 54.6 Å². The number of likely N-dealkylation sites (N-methyl/N-ethyl adjacent to an activating group) is 1. The SMILES string of the molecule is COCOc1c(OC)c(C)cc2c1[C@@H]1C3=Cc4c(O)c(C)c(O)c(O)c4[C@H](CNC(C)=O)N3[C@@H](C#N)[C@H](C2)N1C. The summed E-state index contributed by atoms with van der Waals surface area (Å²) in [5, 5.41) is 46.3. The number of phenolic OH excluding ortho intramolecular Hbond substituents is 3. The molecule has 0 spiro atoms. The Labute approximate surface area is 232 Å². The Morgan fingerprint density at radius 1 is 1.15 bits per heavy atom. The molecule has 0 aromatic heterocycles. The predicted molar refractivity (Wildman–Crippen MR) is 145 cm³/mol. The number of phenols is 3. The van der Waals surface area contributed by atoms with Crippen molar-refractivity contribution in [2.24, 2.45) is 0 Å². The van der Waals surface area contributed by atoms with Crippen molar-refractivity contribution in [2.75, 3.05) is 34.6 Å². The second kappa shape index (κ2) is 10.1. The van der Waals surface area contributed by atoms with Crippen molar-refractivity contribution in [2.45, 2.75) is 51.4 Å². The maximum atomic E-state index is 12.0. The molecule has 5 rings (SSSR count). The van der Waals surface area contributed by atoms with Crippen molar-refractivity contribution in [3.05, 3.63) is 45.1 Å². The number of aryl methyl sites for hydroxylation is 1. The summed E-state index contributed by atoms with van der Waals surface area (Å²) in [5.74, 6) is -0.199. The number of carbonyl (C=O) groups excluding carboxylic acids is 1. The summed E-state index contributed by atoms with van der Waals surface area (Å²) in [6.07, 6.45) is 2.29. The number of hydrogen-bond acceptors (Lipinski definition) is 10. The van der Waals surface area contributed by atoms with E-state index in [-0.39, 0.29) is 42.2 Å². The van der Waals surface area contributed by atoms with Gasteiger partial charge in [0.1, 0.15) is 11.8 Å². The number of fused-ring (bicyclic) bond motifs is 7. The highest BCUT2D eigenvalue weighted by atomic mass is 16.7. The van der Waals surface area contributed by atoms with Crippen molar-refractivity contribution in [3.8, 4) is 34.8 Å². The average Bonchev–Trinajstić information content (AvgIpc) is 2.92. The van der Waals surface area contributed by atoms with Crippen LogP contribution in [0.15, 0.2) is 11.8 Å². The Hall–Kier alpha value is -4.14. The molecule has 3 heterocycles. The first kappa shape index (κ1) is 27.4. The number of ether oxygens (including phenoxy) is 3. The molecule has 0 radical (unpaired) electrons. The zero-order chi connectivity index (χ0) is 29.0. The number of rotatable bonds is 6. The quantitative estimate of drug-likeness (QED) is 0.240. The number of aromatic hydroxyl groups is 3. The van der Waals surface area contributed by atoms with Crippen LogP contribution in [0.4, 0.5) is 0 Å². The molecule has 4 atom stereocenters. The van der Waals surface area contributed by atoms with E-state index in [9.17, 15) is 25.4 Å². The Kier molecular flexibility index (Phi) is 6.94. The van der Waals surface area contributed by atoms with E-state index < -0.39 is 29.6 Å². The number of nitriles is 1. The summed E-state index contributed by atoms with van der Waals surface area (Å²) in [4.78, 5) is 16.0. The Bertz CT molecular complexity index is 1460. The van der Waals surface area contributed by atoms with Gasteiger partial charge < -0.3 is 39.7 Å². The minimum absolute atomic E-state index is 0.00315. The maximum Gasteiger partial charge on any atom is 0.216 e. The number of amides is 1. The van der Waals surface area contributed by atoms with E-state index >= 15 is 0 Å². The van der Waals surface area contributed by atoms with E-state index in [1.54, 1.807) is 13.2 Å². The lowest BCUT2D eigenvalue weighted by molar-refractivity contribution is -0.119. The highest BCUT2D eigenvalue weighted by Crippen LogP contribution is 2.58. The topological polar surface area (TPSA) is 148 Å². The van der Waals surface area contributed by atoms with Gasteiger partial charge in [-0.05, 0) is 44.5 Å². The lowest BCUT2D eigenvalue weighted by Crippen LogP contribution is -2.62. The fourth-order valence-electron chi connectivity index (χ4n) is 6.54. The first-order valence-electron chi connectivity index (χ1n) is 13.0. The standard InChI is InChI=1S/C29H34N4O7/c1-13-7-16-8-18-20(10-30)33-19(24(32(18)4)22(16)29(28(13)39-6)40-12-38-5)9-17-23(21(33)11-31-15(3)34)27(37)26(36)14(2)25(17)35/h7,9,18,20-21,24,35-37H,8,11-12H2,1-6H3,(H,31,34)/t18-,20-,21-,24-/m0/s1. The van der Waals surface area contributed by atoms with Crippen LogP contribution in [0.25, 0.3) is 6.08 Å². The van der Waals surface area contributed by atoms with Crippen molar-refractivity contribution >= 4 is 12.0 Å². The molecule has 4 N–H and O–H groups in total. The number of methoxy groups -OCH3 is 2.